The van der Waals surface area contributed by atoms with Crippen molar-refractivity contribution in [3.8, 4) is 0 Å². The first kappa shape index (κ1) is 14.5. The number of amides is 1. The molecule has 1 rings (SSSR count). The molecule has 0 fully saturated rings. The van der Waals surface area contributed by atoms with Gasteiger partial charge in [-0.3, -0.25) is 10.1 Å². The fourth-order valence-electron chi connectivity index (χ4n) is 1.30. The molecule has 0 saturated heterocycles. The Labute approximate surface area is 111 Å². The van der Waals surface area contributed by atoms with Gasteiger partial charge in [0, 0.05) is 11.3 Å². The van der Waals surface area contributed by atoms with Crippen molar-refractivity contribution in [3.63, 3.8) is 0 Å². The number of hydrogen-bond acceptors (Lipinski definition) is 3. The summed E-state index contributed by atoms with van der Waals surface area (Å²) in [5, 5.41) is 2.85. The van der Waals surface area contributed by atoms with Crippen LogP contribution in [0.4, 0.5) is 10.5 Å². The predicted molar refractivity (Wildman–Crippen MR) is 71.3 cm³/mol. The van der Waals surface area contributed by atoms with E-state index in [1.165, 1.54) is 13.0 Å². The Kier molecular flexibility index (Phi) is 4.35. The van der Waals surface area contributed by atoms with Crippen LogP contribution in [0.15, 0.2) is 18.2 Å². The third-order valence-corrected chi connectivity index (χ3v) is 2.31. The van der Waals surface area contributed by atoms with Crippen molar-refractivity contribution in [1.82, 2.24) is 0 Å². The Hall–Kier alpha value is -1.55. The Bertz CT molecular complexity index is 478. The highest BCUT2D eigenvalue weighted by Crippen LogP contribution is 2.22. The Balaban J connectivity index is 2.78. The highest BCUT2D eigenvalue weighted by molar-refractivity contribution is 6.34. The predicted octanol–water partition coefficient (Wildman–Crippen LogP) is 3.89. The number of Topliss-reactive ketones (excluding diaryl/α,β-unsaturated/α-hetero) is 1. The van der Waals surface area contributed by atoms with Gasteiger partial charge in [0.05, 0.1) is 5.02 Å². The molecule has 0 saturated carbocycles. The molecule has 0 aliphatic heterocycles. The molecule has 1 aromatic carbocycles. The number of ether oxygens (including phenoxy) is 1. The molecule has 1 N–H and O–H groups in total. The Morgan fingerprint density at radius 3 is 2.33 bits per heavy atom. The molecule has 0 aromatic heterocycles. The van der Waals surface area contributed by atoms with Gasteiger partial charge in [0.25, 0.3) is 0 Å². The van der Waals surface area contributed by atoms with Crippen LogP contribution in [0, 0.1) is 0 Å². The number of carbonyl (C=O) groups excluding carboxylic acids is 2. The van der Waals surface area contributed by atoms with Gasteiger partial charge in [-0.25, -0.2) is 4.79 Å². The first-order chi connectivity index (χ1) is 8.19. The normalized spacial score (nSPS) is 10.9. The molecule has 5 heteroatoms. The lowest BCUT2D eigenvalue weighted by Gasteiger charge is -2.19. The summed E-state index contributed by atoms with van der Waals surface area (Å²) < 4.78 is 5.10. The largest absolute Gasteiger partial charge is 0.444 e. The van der Waals surface area contributed by atoms with Crippen LogP contribution in [0.5, 0.6) is 0 Å². The van der Waals surface area contributed by atoms with Crippen LogP contribution in [0.3, 0.4) is 0 Å². The molecule has 0 heterocycles. The van der Waals surface area contributed by atoms with Gasteiger partial charge in [0.1, 0.15) is 5.60 Å². The molecule has 0 aliphatic rings. The van der Waals surface area contributed by atoms with E-state index in [-0.39, 0.29) is 5.78 Å². The fourth-order valence-corrected chi connectivity index (χ4v) is 1.61. The summed E-state index contributed by atoms with van der Waals surface area (Å²) in [5.74, 6) is -0.121. The van der Waals surface area contributed by atoms with E-state index in [4.69, 9.17) is 16.3 Å². The second kappa shape index (κ2) is 5.40. The third-order valence-electron chi connectivity index (χ3n) is 1.99. The summed E-state index contributed by atoms with van der Waals surface area (Å²) in [6.07, 6.45) is -0.561. The minimum atomic E-state index is -0.562. The number of hydrogen-bond donors (Lipinski definition) is 1. The summed E-state index contributed by atoms with van der Waals surface area (Å²) in [4.78, 5) is 22.7. The quantitative estimate of drug-likeness (QED) is 0.829. The summed E-state index contributed by atoms with van der Waals surface area (Å²) in [6.45, 7) is 6.76. The van der Waals surface area contributed by atoms with Crippen LogP contribution >= 0.6 is 11.6 Å². The zero-order chi connectivity index (χ0) is 13.9. The van der Waals surface area contributed by atoms with Gasteiger partial charge < -0.3 is 4.74 Å². The molecule has 4 nitrogen and oxygen atoms in total. The van der Waals surface area contributed by atoms with E-state index in [9.17, 15) is 9.59 Å². The number of nitrogens with one attached hydrogen (secondary N) is 1. The topological polar surface area (TPSA) is 55.4 Å². The number of ketones is 1. The molecule has 18 heavy (non-hydrogen) atoms. The molecule has 98 valence electrons. The van der Waals surface area contributed by atoms with E-state index in [1.54, 1.807) is 32.9 Å². The van der Waals surface area contributed by atoms with E-state index in [0.717, 1.165) is 0 Å². The zero-order valence-electron chi connectivity index (χ0n) is 10.8. The molecule has 0 spiro atoms. The minimum Gasteiger partial charge on any atom is -0.444 e. The monoisotopic (exact) mass is 269 g/mol. The van der Waals surface area contributed by atoms with Crippen molar-refractivity contribution >= 4 is 29.2 Å². The molecular formula is C13H16ClNO3. The highest BCUT2D eigenvalue weighted by Gasteiger charge is 2.16. The van der Waals surface area contributed by atoms with Gasteiger partial charge in [0.15, 0.2) is 5.78 Å². The fraction of sp³-hybridized carbons (Fsp3) is 0.385. The Morgan fingerprint density at radius 2 is 1.89 bits per heavy atom. The van der Waals surface area contributed by atoms with Crippen molar-refractivity contribution < 1.29 is 14.3 Å². The van der Waals surface area contributed by atoms with E-state index in [2.05, 4.69) is 5.32 Å². The van der Waals surface area contributed by atoms with Crippen molar-refractivity contribution in [2.75, 3.05) is 5.32 Å². The highest BCUT2D eigenvalue weighted by atomic mass is 35.5. The van der Waals surface area contributed by atoms with Crippen LogP contribution < -0.4 is 5.32 Å². The number of anilines is 1. The summed E-state index contributed by atoms with van der Waals surface area (Å²) in [6, 6.07) is 4.69. The maximum atomic E-state index is 11.5. The maximum Gasteiger partial charge on any atom is 0.412 e. The molecule has 1 amide bonds. The molecular weight excluding hydrogens is 254 g/mol. The molecule has 0 aliphatic carbocycles. The van der Waals surface area contributed by atoms with Crippen molar-refractivity contribution in [2.45, 2.75) is 33.3 Å². The molecule has 0 radical (unpaired) electrons. The van der Waals surface area contributed by atoms with Crippen LogP contribution in [-0.2, 0) is 4.74 Å². The van der Waals surface area contributed by atoms with E-state index >= 15 is 0 Å². The average Bonchev–Trinajstić information content (AvgIpc) is 2.13. The van der Waals surface area contributed by atoms with E-state index in [1.807, 2.05) is 0 Å². The summed E-state index contributed by atoms with van der Waals surface area (Å²) in [7, 11) is 0. The number of halogens is 1. The van der Waals surface area contributed by atoms with Crippen LogP contribution in [0.2, 0.25) is 5.02 Å². The van der Waals surface area contributed by atoms with Crippen LogP contribution in [-0.4, -0.2) is 17.5 Å². The summed E-state index contributed by atoms with van der Waals surface area (Å²) >= 11 is 5.93. The van der Waals surface area contributed by atoms with E-state index in [0.29, 0.717) is 16.3 Å². The maximum absolute atomic E-state index is 11.5. The SMILES string of the molecule is CC(=O)c1ccc(NC(=O)OC(C)(C)C)cc1Cl. The van der Waals surface area contributed by atoms with Gasteiger partial charge in [-0.1, -0.05) is 11.6 Å². The van der Waals surface area contributed by atoms with Gasteiger partial charge >= 0.3 is 6.09 Å². The number of benzene rings is 1. The smallest absolute Gasteiger partial charge is 0.412 e. The zero-order valence-corrected chi connectivity index (χ0v) is 11.6. The van der Waals surface area contributed by atoms with Crippen LogP contribution in [0.1, 0.15) is 38.1 Å². The van der Waals surface area contributed by atoms with Gasteiger partial charge in [0.2, 0.25) is 0 Å². The van der Waals surface area contributed by atoms with Crippen LogP contribution in [0.25, 0.3) is 0 Å². The molecule has 0 bridgehead atoms. The van der Waals surface area contributed by atoms with E-state index < -0.39 is 11.7 Å². The Morgan fingerprint density at radius 1 is 1.28 bits per heavy atom. The van der Waals surface area contributed by atoms with Gasteiger partial charge in [-0.15, -0.1) is 0 Å². The first-order valence-electron chi connectivity index (χ1n) is 5.49. The number of rotatable bonds is 2. The number of carbonyl (C=O) groups is 2. The lowest BCUT2D eigenvalue weighted by Crippen LogP contribution is -2.27. The summed E-state index contributed by atoms with van der Waals surface area (Å²) in [5.41, 5.74) is 0.346. The second-order valence-electron chi connectivity index (χ2n) is 4.88. The standard InChI is InChI=1S/C13H16ClNO3/c1-8(16)10-6-5-9(7-11(10)14)15-12(17)18-13(2,3)4/h5-7H,1-4H3,(H,15,17). The van der Waals surface area contributed by atoms with Gasteiger partial charge in [-0.05, 0) is 45.9 Å². The second-order valence-corrected chi connectivity index (χ2v) is 5.28. The van der Waals surface area contributed by atoms with Gasteiger partial charge in [-0.2, -0.15) is 0 Å². The first-order valence-corrected chi connectivity index (χ1v) is 5.87. The molecule has 1 aromatic rings. The minimum absolute atomic E-state index is 0.121. The molecule has 0 atom stereocenters. The van der Waals surface area contributed by atoms with Crippen molar-refractivity contribution in [1.29, 1.82) is 0 Å². The average molecular weight is 270 g/mol. The van der Waals surface area contributed by atoms with Crippen molar-refractivity contribution in [2.24, 2.45) is 0 Å². The lowest BCUT2D eigenvalue weighted by molar-refractivity contribution is 0.0636. The lowest BCUT2D eigenvalue weighted by atomic mass is 10.1. The third kappa shape index (κ3) is 4.37. The van der Waals surface area contributed by atoms with Crippen molar-refractivity contribution in [3.05, 3.63) is 28.8 Å². The molecule has 0 unspecified atom stereocenters.